The Bertz CT molecular complexity index is 1210. The summed E-state index contributed by atoms with van der Waals surface area (Å²) < 4.78 is 13.1. The van der Waals surface area contributed by atoms with Crippen LogP contribution in [0.4, 0.5) is 5.69 Å². The molecule has 0 aromatic heterocycles. The van der Waals surface area contributed by atoms with E-state index >= 15 is 0 Å². The number of hydrogen-bond donors (Lipinski definition) is 2. The van der Waals surface area contributed by atoms with Gasteiger partial charge in [-0.2, -0.15) is 0 Å². The van der Waals surface area contributed by atoms with E-state index in [2.05, 4.69) is 16.8 Å². The van der Waals surface area contributed by atoms with Crippen LogP contribution in [0.5, 0.6) is 0 Å². The highest BCUT2D eigenvalue weighted by atomic mass is 16.7. The van der Waals surface area contributed by atoms with E-state index < -0.39 is 6.29 Å². The number of nitrogens with one attached hydrogen (secondary N) is 1. The van der Waals surface area contributed by atoms with Crippen molar-refractivity contribution in [1.29, 1.82) is 0 Å². The molecule has 3 atom stereocenters. The third kappa shape index (κ3) is 7.02. The monoisotopic (exact) mass is 526 g/mol. The average Bonchev–Trinajstić information content (AvgIpc) is 3.53. The first kappa shape index (κ1) is 27.3. The first-order valence-corrected chi connectivity index (χ1v) is 13.9. The summed E-state index contributed by atoms with van der Waals surface area (Å²) in [4.78, 5) is 15.1. The molecule has 0 unspecified atom stereocenters. The van der Waals surface area contributed by atoms with E-state index in [4.69, 9.17) is 9.47 Å². The minimum atomic E-state index is -0.528. The van der Waals surface area contributed by atoms with E-state index in [1.54, 1.807) is 12.1 Å². The van der Waals surface area contributed by atoms with Crippen LogP contribution in [0.2, 0.25) is 0 Å². The lowest BCUT2D eigenvalue weighted by atomic mass is 9.99. The van der Waals surface area contributed by atoms with Gasteiger partial charge in [0.15, 0.2) is 6.29 Å². The standard InChI is InChI=1S/C33H38N2O4/c1-2-20-35(29-10-6-7-11-29)22-30-21-31(25-14-12-24(23-36)13-15-25)39-33(38-30)27-16-18-28(19-17-27)34-32(37)26-8-4-3-5-9-26/h2-5,8-9,12-19,29-31,33,36H,1,6-7,10-11,20-23H2,(H,34,37)/t30-,31+,33+/m1/s1. The second-order valence-electron chi connectivity index (χ2n) is 10.5. The van der Waals surface area contributed by atoms with Crippen LogP contribution in [0.15, 0.2) is 91.5 Å². The fraction of sp³-hybridized carbons (Fsp3) is 0.364. The Morgan fingerprint density at radius 3 is 2.31 bits per heavy atom. The smallest absolute Gasteiger partial charge is 0.255 e. The lowest BCUT2D eigenvalue weighted by Crippen LogP contribution is -2.43. The van der Waals surface area contributed by atoms with Crippen molar-refractivity contribution in [3.63, 3.8) is 0 Å². The molecule has 0 radical (unpaired) electrons. The zero-order valence-electron chi connectivity index (χ0n) is 22.4. The normalized spacial score (nSPS) is 21.6. The highest BCUT2D eigenvalue weighted by Crippen LogP contribution is 2.39. The molecule has 3 aromatic carbocycles. The lowest BCUT2D eigenvalue weighted by molar-refractivity contribution is -0.253. The summed E-state index contributed by atoms with van der Waals surface area (Å²) in [6, 6.07) is 25.4. The molecule has 0 spiro atoms. The molecule has 6 nitrogen and oxygen atoms in total. The van der Waals surface area contributed by atoms with E-state index in [1.165, 1.54) is 25.7 Å². The predicted octanol–water partition coefficient (Wildman–Crippen LogP) is 6.41. The number of nitrogens with zero attached hydrogens (tertiary/aromatic N) is 1. The third-order valence-corrected chi connectivity index (χ3v) is 7.73. The zero-order valence-corrected chi connectivity index (χ0v) is 22.4. The molecule has 0 bridgehead atoms. The van der Waals surface area contributed by atoms with Gasteiger partial charge in [0.05, 0.1) is 18.8 Å². The molecule has 1 aliphatic carbocycles. The van der Waals surface area contributed by atoms with Crippen molar-refractivity contribution >= 4 is 11.6 Å². The quantitative estimate of drug-likeness (QED) is 0.299. The Labute approximate surface area is 231 Å². The fourth-order valence-electron chi connectivity index (χ4n) is 5.62. The summed E-state index contributed by atoms with van der Waals surface area (Å²) in [7, 11) is 0. The molecule has 39 heavy (non-hydrogen) atoms. The number of aliphatic hydroxyl groups excluding tert-OH is 1. The Balaban J connectivity index is 1.33. The summed E-state index contributed by atoms with van der Waals surface area (Å²) in [5, 5.41) is 12.4. The highest BCUT2D eigenvalue weighted by Gasteiger charge is 2.34. The van der Waals surface area contributed by atoms with Crippen molar-refractivity contribution in [1.82, 2.24) is 4.90 Å². The maximum Gasteiger partial charge on any atom is 0.255 e. The van der Waals surface area contributed by atoms with Gasteiger partial charge in [0.25, 0.3) is 5.91 Å². The molecule has 1 saturated heterocycles. The summed E-state index contributed by atoms with van der Waals surface area (Å²) in [6.45, 7) is 5.69. The topological polar surface area (TPSA) is 71.0 Å². The van der Waals surface area contributed by atoms with Gasteiger partial charge in [0.2, 0.25) is 0 Å². The maximum absolute atomic E-state index is 12.6. The number of ether oxygens (including phenoxy) is 2. The molecule has 2 N–H and O–H groups in total. The second-order valence-corrected chi connectivity index (χ2v) is 10.5. The summed E-state index contributed by atoms with van der Waals surface area (Å²) in [6.07, 6.45) is 7.08. The lowest BCUT2D eigenvalue weighted by Gasteiger charge is -2.39. The Hall–Kier alpha value is -3.29. The van der Waals surface area contributed by atoms with Crippen molar-refractivity contribution in [2.75, 3.05) is 18.4 Å². The third-order valence-electron chi connectivity index (χ3n) is 7.73. The number of hydrogen-bond acceptors (Lipinski definition) is 5. The van der Waals surface area contributed by atoms with Crippen LogP contribution in [-0.4, -0.2) is 41.1 Å². The van der Waals surface area contributed by atoms with Crippen molar-refractivity contribution in [2.24, 2.45) is 0 Å². The number of amides is 1. The van der Waals surface area contributed by atoms with Crippen LogP contribution >= 0.6 is 0 Å². The van der Waals surface area contributed by atoms with Gasteiger partial charge in [-0.15, -0.1) is 6.58 Å². The summed E-state index contributed by atoms with van der Waals surface area (Å²) in [5.74, 6) is -0.144. The van der Waals surface area contributed by atoms with Gasteiger partial charge in [-0.3, -0.25) is 9.69 Å². The largest absolute Gasteiger partial charge is 0.392 e. The predicted molar refractivity (Wildman–Crippen MR) is 153 cm³/mol. The van der Waals surface area contributed by atoms with Crippen molar-refractivity contribution in [3.05, 3.63) is 114 Å². The molecule has 2 aliphatic rings. The van der Waals surface area contributed by atoms with Crippen LogP contribution in [0.25, 0.3) is 0 Å². The molecule has 1 amide bonds. The number of rotatable bonds is 10. The molecule has 1 heterocycles. The molecule has 1 saturated carbocycles. The van der Waals surface area contributed by atoms with Crippen LogP contribution in [-0.2, 0) is 16.1 Å². The minimum absolute atomic E-state index is 0.00993. The molecule has 204 valence electrons. The summed E-state index contributed by atoms with van der Waals surface area (Å²) >= 11 is 0. The van der Waals surface area contributed by atoms with Gasteiger partial charge >= 0.3 is 0 Å². The molecular weight excluding hydrogens is 488 g/mol. The zero-order chi connectivity index (χ0) is 27.0. The fourth-order valence-corrected chi connectivity index (χ4v) is 5.62. The highest BCUT2D eigenvalue weighted by molar-refractivity contribution is 6.04. The van der Waals surface area contributed by atoms with Crippen molar-refractivity contribution in [2.45, 2.75) is 63.3 Å². The van der Waals surface area contributed by atoms with Gasteiger partial charge in [-0.25, -0.2) is 0 Å². The Morgan fingerprint density at radius 1 is 0.949 bits per heavy atom. The van der Waals surface area contributed by atoms with E-state index in [9.17, 15) is 9.90 Å². The SMILES string of the molecule is C=CCN(C[C@H]1C[C@@H](c2ccc(CO)cc2)O[C@@H](c2ccc(NC(=O)c3ccccc3)cc2)O1)C1CCCC1. The Kier molecular flexibility index (Phi) is 9.22. The molecule has 2 fully saturated rings. The average molecular weight is 527 g/mol. The van der Waals surface area contributed by atoms with Crippen molar-refractivity contribution in [3.8, 4) is 0 Å². The van der Waals surface area contributed by atoms with Gasteiger partial charge in [0, 0.05) is 42.4 Å². The molecule has 1 aliphatic heterocycles. The minimum Gasteiger partial charge on any atom is -0.392 e. The number of carbonyl (C=O) groups excluding carboxylic acids is 1. The molecule has 6 heteroatoms. The molecule has 5 rings (SSSR count). The van der Waals surface area contributed by atoms with Crippen molar-refractivity contribution < 1.29 is 19.4 Å². The van der Waals surface area contributed by atoms with E-state index in [1.807, 2.05) is 72.8 Å². The van der Waals surface area contributed by atoms with Crippen LogP contribution in [0, 0.1) is 0 Å². The van der Waals surface area contributed by atoms with Gasteiger partial charge in [0.1, 0.15) is 0 Å². The number of anilines is 1. The van der Waals surface area contributed by atoms with E-state index in [0.717, 1.165) is 41.9 Å². The maximum atomic E-state index is 12.6. The molecule has 3 aromatic rings. The second kappa shape index (κ2) is 13.2. The van der Waals surface area contributed by atoms with Gasteiger partial charge in [-0.05, 0) is 48.2 Å². The number of carbonyl (C=O) groups is 1. The van der Waals surface area contributed by atoms with E-state index in [-0.39, 0.29) is 24.7 Å². The summed E-state index contributed by atoms with van der Waals surface area (Å²) in [5.41, 5.74) is 4.20. The van der Waals surface area contributed by atoms with Crippen LogP contribution in [0.1, 0.15) is 71.5 Å². The first-order chi connectivity index (χ1) is 19.1. The van der Waals surface area contributed by atoms with Gasteiger partial charge in [-0.1, -0.05) is 73.5 Å². The van der Waals surface area contributed by atoms with E-state index in [0.29, 0.717) is 11.6 Å². The van der Waals surface area contributed by atoms with Crippen LogP contribution in [0.3, 0.4) is 0 Å². The first-order valence-electron chi connectivity index (χ1n) is 13.9. The van der Waals surface area contributed by atoms with Crippen LogP contribution < -0.4 is 5.32 Å². The number of aliphatic hydroxyl groups is 1. The molecular formula is C33H38N2O4. The number of benzene rings is 3. The Morgan fingerprint density at radius 2 is 1.64 bits per heavy atom. The van der Waals surface area contributed by atoms with Gasteiger partial charge < -0.3 is 19.9 Å².